The van der Waals surface area contributed by atoms with Crippen molar-refractivity contribution in [3.05, 3.63) is 24.0 Å². The zero-order valence-corrected chi connectivity index (χ0v) is 13.4. The fraction of sp³-hybridized carbons (Fsp3) is 0.533. The van der Waals surface area contributed by atoms with Crippen LogP contribution in [0.25, 0.3) is 11.0 Å². The third kappa shape index (κ3) is 2.51. The summed E-state index contributed by atoms with van der Waals surface area (Å²) in [6.45, 7) is 3.32. The molecule has 1 aromatic heterocycles. The Morgan fingerprint density at radius 3 is 3.00 bits per heavy atom. The number of fused-ring (bicyclic) bond motifs is 1. The SMILES string of the molecule is COc1ccc2c(c1)nc(CCl)n2CC1(C)CCCS1. The number of imidazole rings is 1. The maximum Gasteiger partial charge on any atom is 0.124 e. The van der Waals surface area contributed by atoms with Crippen LogP contribution in [0.2, 0.25) is 0 Å². The van der Waals surface area contributed by atoms with E-state index in [0.717, 1.165) is 29.2 Å². The monoisotopic (exact) mass is 310 g/mol. The van der Waals surface area contributed by atoms with Crippen molar-refractivity contribution in [2.45, 2.75) is 36.9 Å². The summed E-state index contributed by atoms with van der Waals surface area (Å²) in [7, 11) is 1.68. The number of aromatic nitrogens is 2. The minimum absolute atomic E-state index is 0.300. The number of thioether (sulfide) groups is 1. The Kier molecular flexibility index (Phi) is 3.87. The highest BCUT2D eigenvalue weighted by atomic mass is 35.5. The van der Waals surface area contributed by atoms with Crippen molar-refractivity contribution < 1.29 is 4.74 Å². The molecule has 1 atom stereocenters. The maximum absolute atomic E-state index is 6.09. The molecule has 1 saturated heterocycles. The van der Waals surface area contributed by atoms with Crippen LogP contribution in [0.1, 0.15) is 25.6 Å². The van der Waals surface area contributed by atoms with Crippen molar-refractivity contribution >= 4 is 34.4 Å². The Hall–Kier alpha value is -0.870. The van der Waals surface area contributed by atoms with Crippen molar-refractivity contribution in [2.24, 2.45) is 0 Å². The van der Waals surface area contributed by atoms with Crippen LogP contribution >= 0.6 is 23.4 Å². The molecule has 0 N–H and O–H groups in total. The molecule has 3 rings (SSSR count). The van der Waals surface area contributed by atoms with Crippen molar-refractivity contribution in [3.8, 4) is 5.75 Å². The summed E-state index contributed by atoms with van der Waals surface area (Å²) in [6, 6.07) is 6.05. The Labute approximate surface area is 128 Å². The lowest BCUT2D eigenvalue weighted by atomic mass is 10.1. The zero-order valence-electron chi connectivity index (χ0n) is 11.9. The highest BCUT2D eigenvalue weighted by Crippen LogP contribution is 2.40. The molecule has 1 aliphatic heterocycles. The Balaban J connectivity index is 2.03. The third-order valence-corrected chi connectivity index (χ3v) is 5.71. The van der Waals surface area contributed by atoms with Crippen molar-refractivity contribution in [1.82, 2.24) is 9.55 Å². The Morgan fingerprint density at radius 1 is 1.50 bits per heavy atom. The average molecular weight is 311 g/mol. The van der Waals surface area contributed by atoms with E-state index in [1.54, 1.807) is 7.11 Å². The van der Waals surface area contributed by atoms with Gasteiger partial charge in [-0.1, -0.05) is 0 Å². The summed E-state index contributed by atoms with van der Waals surface area (Å²) in [4.78, 5) is 4.65. The van der Waals surface area contributed by atoms with Gasteiger partial charge < -0.3 is 9.30 Å². The van der Waals surface area contributed by atoms with Crippen molar-refractivity contribution in [1.29, 1.82) is 0 Å². The lowest BCUT2D eigenvalue weighted by molar-refractivity contribution is 0.415. The van der Waals surface area contributed by atoms with E-state index < -0.39 is 0 Å². The first kappa shape index (κ1) is 14.1. The number of methoxy groups -OCH3 is 1. The van der Waals surface area contributed by atoms with Gasteiger partial charge in [-0.3, -0.25) is 0 Å². The van der Waals surface area contributed by atoms with Gasteiger partial charge in [0.15, 0.2) is 0 Å². The molecule has 1 unspecified atom stereocenters. The fourth-order valence-corrected chi connectivity index (χ4v) is 4.36. The second-order valence-electron chi connectivity index (χ2n) is 5.50. The Bertz CT molecular complexity index is 620. The minimum atomic E-state index is 0.300. The molecule has 20 heavy (non-hydrogen) atoms. The van der Waals surface area contributed by atoms with E-state index in [1.165, 1.54) is 18.6 Å². The molecule has 2 aromatic rings. The fourth-order valence-electron chi connectivity index (χ4n) is 2.86. The number of hydrogen-bond donors (Lipinski definition) is 0. The van der Waals surface area contributed by atoms with E-state index >= 15 is 0 Å². The molecule has 0 aliphatic carbocycles. The predicted molar refractivity (Wildman–Crippen MR) is 85.9 cm³/mol. The van der Waals surface area contributed by atoms with E-state index in [9.17, 15) is 0 Å². The van der Waals surface area contributed by atoms with Gasteiger partial charge in [-0.25, -0.2) is 4.98 Å². The molecule has 2 heterocycles. The second-order valence-corrected chi connectivity index (χ2v) is 7.45. The summed E-state index contributed by atoms with van der Waals surface area (Å²) in [5, 5.41) is 0. The van der Waals surface area contributed by atoms with Crippen LogP contribution in [-0.2, 0) is 12.4 Å². The molecule has 0 saturated carbocycles. The maximum atomic E-state index is 6.09. The van der Waals surface area contributed by atoms with Crippen molar-refractivity contribution in [2.75, 3.05) is 12.9 Å². The average Bonchev–Trinajstić information content (AvgIpc) is 3.03. The lowest BCUT2D eigenvalue weighted by Crippen LogP contribution is -2.24. The molecule has 0 bridgehead atoms. The smallest absolute Gasteiger partial charge is 0.124 e. The van der Waals surface area contributed by atoms with Crippen LogP contribution in [0.4, 0.5) is 0 Å². The number of hydrogen-bond acceptors (Lipinski definition) is 3. The summed E-state index contributed by atoms with van der Waals surface area (Å²) in [5.41, 5.74) is 2.11. The van der Waals surface area contributed by atoms with Crippen LogP contribution in [0.15, 0.2) is 18.2 Å². The van der Waals surface area contributed by atoms with Gasteiger partial charge in [-0.15, -0.1) is 11.6 Å². The summed E-state index contributed by atoms with van der Waals surface area (Å²) < 4.78 is 7.85. The standard InChI is InChI=1S/C15H19ClN2OS/c1-15(6-3-7-20-15)10-18-13-5-4-11(19-2)8-12(13)17-14(18)9-16/h4-5,8H,3,6-7,9-10H2,1-2H3. The highest BCUT2D eigenvalue weighted by Gasteiger charge is 2.31. The lowest BCUT2D eigenvalue weighted by Gasteiger charge is -2.24. The second kappa shape index (κ2) is 5.49. The third-order valence-electron chi connectivity index (χ3n) is 3.95. The zero-order chi connectivity index (χ0) is 14.2. The van der Waals surface area contributed by atoms with Crippen molar-refractivity contribution in [3.63, 3.8) is 0 Å². The first-order valence-corrected chi connectivity index (χ1v) is 8.40. The highest BCUT2D eigenvalue weighted by molar-refractivity contribution is 8.00. The first-order chi connectivity index (χ1) is 9.65. The van der Waals surface area contributed by atoms with Gasteiger partial charge in [0.25, 0.3) is 0 Å². The van der Waals surface area contributed by atoms with Crippen LogP contribution < -0.4 is 4.74 Å². The molecular weight excluding hydrogens is 292 g/mol. The quantitative estimate of drug-likeness (QED) is 0.797. The number of benzene rings is 1. The van der Waals surface area contributed by atoms with E-state index in [1.807, 2.05) is 12.1 Å². The first-order valence-electron chi connectivity index (χ1n) is 6.88. The number of ether oxygens (including phenoxy) is 1. The number of halogens is 1. The van der Waals surface area contributed by atoms with Crippen LogP contribution in [-0.4, -0.2) is 27.2 Å². The molecule has 0 amide bonds. The summed E-state index contributed by atoms with van der Waals surface area (Å²) in [5.74, 6) is 3.48. The molecule has 1 aromatic carbocycles. The van der Waals surface area contributed by atoms with E-state index in [0.29, 0.717) is 10.6 Å². The normalized spacial score (nSPS) is 22.6. The number of rotatable bonds is 4. The predicted octanol–water partition coefficient (Wildman–Crippen LogP) is 4.07. The number of alkyl halides is 1. The van der Waals surface area contributed by atoms with Crippen LogP contribution in [0, 0.1) is 0 Å². The summed E-state index contributed by atoms with van der Waals surface area (Å²) >= 11 is 8.15. The van der Waals surface area contributed by atoms with E-state index in [-0.39, 0.29) is 0 Å². The van der Waals surface area contributed by atoms with E-state index in [2.05, 4.69) is 34.3 Å². The Morgan fingerprint density at radius 2 is 2.35 bits per heavy atom. The summed E-state index contributed by atoms with van der Waals surface area (Å²) in [6.07, 6.45) is 2.56. The molecule has 1 fully saturated rings. The molecule has 108 valence electrons. The van der Waals surface area contributed by atoms with Gasteiger partial charge in [-0.05, 0) is 37.7 Å². The molecule has 5 heteroatoms. The van der Waals surface area contributed by atoms with Gasteiger partial charge in [-0.2, -0.15) is 11.8 Å². The largest absolute Gasteiger partial charge is 0.497 e. The molecular formula is C15H19ClN2OS. The molecule has 0 radical (unpaired) electrons. The van der Waals surface area contributed by atoms with Gasteiger partial charge in [0.05, 0.1) is 24.0 Å². The van der Waals surface area contributed by atoms with Gasteiger partial charge >= 0.3 is 0 Å². The van der Waals surface area contributed by atoms with E-state index in [4.69, 9.17) is 16.3 Å². The van der Waals surface area contributed by atoms with Gasteiger partial charge in [0.1, 0.15) is 11.6 Å². The van der Waals surface area contributed by atoms with Crippen LogP contribution in [0.3, 0.4) is 0 Å². The van der Waals surface area contributed by atoms with Crippen LogP contribution in [0.5, 0.6) is 5.75 Å². The number of nitrogens with zero attached hydrogens (tertiary/aromatic N) is 2. The van der Waals surface area contributed by atoms with Gasteiger partial charge in [0, 0.05) is 17.4 Å². The molecule has 0 spiro atoms. The van der Waals surface area contributed by atoms with Gasteiger partial charge in [0.2, 0.25) is 0 Å². The molecule has 1 aliphatic rings. The topological polar surface area (TPSA) is 27.1 Å². The minimum Gasteiger partial charge on any atom is -0.497 e. The molecule has 3 nitrogen and oxygen atoms in total.